The summed E-state index contributed by atoms with van der Waals surface area (Å²) in [5.41, 5.74) is 0.826. The first-order valence-corrected chi connectivity index (χ1v) is 8.04. The van der Waals surface area contributed by atoms with Gasteiger partial charge in [-0.25, -0.2) is 0 Å². The molecule has 0 aliphatic heterocycles. The van der Waals surface area contributed by atoms with E-state index in [4.69, 9.17) is 14.2 Å². The number of amides is 2. The number of methoxy groups -OCH3 is 2. The molecule has 0 heterocycles. The smallest absolute Gasteiger partial charge is 0.314 e. The molecular weight excluding hydrogens is 336 g/mol. The molecule has 7 nitrogen and oxygen atoms in total. The average molecular weight is 358 g/mol. The molecule has 0 saturated carbocycles. The summed E-state index contributed by atoms with van der Waals surface area (Å²) < 4.78 is 15.8. The zero-order chi connectivity index (χ0) is 19.1. The van der Waals surface area contributed by atoms with Crippen molar-refractivity contribution < 1.29 is 23.8 Å². The van der Waals surface area contributed by atoms with Crippen LogP contribution in [0.3, 0.4) is 0 Å². The Bertz CT molecular complexity index is 772. The van der Waals surface area contributed by atoms with Crippen molar-refractivity contribution in [3.05, 3.63) is 42.5 Å². The van der Waals surface area contributed by atoms with E-state index >= 15 is 0 Å². The third kappa shape index (κ3) is 5.14. The molecule has 7 heteroatoms. The second kappa shape index (κ2) is 8.75. The summed E-state index contributed by atoms with van der Waals surface area (Å²) in [5, 5.41) is 5.04. The third-order valence-corrected chi connectivity index (χ3v) is 3.35. The highest BCUT2D eigenvalue weighted by Crippen LogP contribution is 2.28. The second-order valence-corrected chi connectivity index (χ2v) is 5.67. The van der Waals surface area contributed by atoms with Crippen molar-refractivity contribution in [2.75, 3.05) is 24.9 Å². The number of anilines is 2. The van der Waals surface area contributed by atoms with Crippen molar-refractivity contribution in [3.63, 3.8) is 0 Å². The SMILES string of the molecule is COc1ccc(OC)c(NC(=O)C(=O)Nc2ccc(OC(C)C)cc2)c1. The molecule has 0 fully saturated rings. The Morgan fingerprint density at radius 3 is 2.04 bits per heavy atom. The summed E-state index contributed by atoms with van der Waals surface area (Å²) in [4.78, 5) is 24.3. The van der Waals surface area contributed by atoms with E-state index in [1.807, 2.05) is 13.8 Å². The summed E-state index contributed by atoms with van der Waals surface area (Å²) in [6.07, 6.45) is 0.0547. The van der Waals surface area contributed by atoms with Crippen molar-refractivity contribution in [3.8, 4) is 17.2 Å². The van der Waals surface area contributed by atoms with Crippen LogP contribution in [-0.2, 0) is 9.59 Å². The molecule has 26 heavy (non-hydrogen) atoms. The van der Waals surface area contributed by atoms with Gasteiger partial charge in [-0.3, -0.25) is 9.59 Å². The van der Waals surface area contributed by atoms with Gasteiger partial charge in [0, 0.05) is 11.8 Å². The Morgan fingerprint density at radius 1 is 0.846 bits per heavy atom. The molecule has 0 atom stereocenters. The normalized spacial score (nSPS) is 10.2. The van der Waals surface area contributed by atoms with Gasteiger partial charge in [-0.15, -0.1) is 0 Å². The van der Waals surface area contributed by atoms with Gasteiger partial charge in [0.2, 0.25) is 0 Å². The third-order valence-electron chi connectivity index (χ3n) is 3.35. The van der Waals surface area contributed by atoms with E-state index in [0.717, 1.165) is 0 Å². The molecule has 2 amide bonds. The maximum absolute atomic E-state index is 12.2. The first kappa shape index (κ1) is 19.1. The van der Waals surface area contributed by atoms with Gasteiger partial charge in [0.25, 0.3) is 0 Å². The van der Waals surface area contributed by atoms with E-state index in [1.165, 1.54) is 14.2 Å². The summed E-state index contributed by atoms with van der Waals surface area (Å²) in [5.74, 6) is 0.0133. The standard InChI is InChI=1S/C19H22N2O5/c1-12(2)26-14-7-5-13(6-8-14)20-18(22)19(23)21-16-11-15(24-3)9-10-17(16)25-4/h5-12H,1-4H3,(H,20,22)(H,21,23). The van der Waals surface area contributed by atoms with Gasteiger partial charge in [0.15, 0.2) is 0 Å². The number of hydrogen-bond donors (Lipinski definition) is 2. The molecule has 0 aromatic heterocycles. The number of ether oxygens (including phenoxy) is 3. The molecule has 0 spiro atoms. The molecule has 0 saturated heterocycles. The fourth-order valence-corrected chi connectivity index (χ4v) is 2.17. The van der Waals surface area contributed by atoms with Crippen LogP contribution in [0, 0.1) is 0 Å². The Kier molecular flexibility index (Phi) is 6.43. The van der Waals surface area contributed by atoms with E-state index in [-0.39, 0.29) is 6.10 Å². The average Bonchev–Trinajstić information content (AvgIpc) is 2.62. The molecule has 0 aliphatic rings. The molecule has 0 radical (unpaired) electrons. The van der Waals surface area contributed by atoms with E-state index in [9.17, 15) is 9.59 Å². The van der Waals surface area contributed by atoms with Crippen LogP contribution in [0.25, 0.3) is 0 Å². The van der Waals surface area contributed by atoms with Crippen LogP contribution in [-0.4, -0.2) is 32.1 Å². The number of nitrogens with one attached hydrogen (secondary N) is 2. The fraction of sp³-hybridized carbons (Fsp3) is 0.263. The van der Waals surface area contributed by atoms with Crippen LogP contribution < -0.4 is 24.8 Å². The molecule has 0 aliphatic carbocycles. The van der Waals surface area contributed by atoms with Gasteiger partial charge < -0.3 is 24.8 Å². The molecule has 138 valence electrons. The number of carbonyl (C=O) groups is 2. The highest BCUT2D eigenvalue weighted by Gasteiger charge is 2.17. The highest BCUT2D eigenvalue weighted by molar-refractivity contribution is 6.43. The summed E-state index contributed by atoms with van der Waals surface area (Å²) in [6, 6.07) is 11.7. The van der Waals surface area contributed by atoms with E-state index in [0.29, 0.717) is 28.6 Å². The number of benzene rings is 2. The quantitative estimate of drug-likeness (QED) is 0.775. The zero-order valence-corrected chi connectivity index (χ0v) is 15.2. The number of rotatable bonds is 6. The number of hydrogen-bond acceptors (Lipinski definition) is 5. The highest BCUT2D eigenvalue weighted by atomic mass is 16.5. The first-order chi connectivity index (χ1) is 12.4. The van der Waals surface area contributed by atoms with Crippen LogP contribution in [0.4, 0.5) is 11.4 Å². The molecule has 2 aromatic rings. The van der Waals surface area contributed by atoms with Gasteiger partial charge in [0.1, 0.15) is 17.2 Å². The first-order valence-electron chi connectivity index (χ1n) is 8.04. The number of carbonyl (C=O) groups excluding carboxylic acids is 2. The Hall–Kier alpha value is -3.22. The van der Waals surface area contributed by atoms with Crippen LogP contribution >= 0.6 is 0 Å². The van der Waals surface area contributed by atoms with Crippen molar-refractivity contribution in [1.29, 1.82) is 0 Å². The molecule has 0 bridgehead atoms. The maximum atomic E-state index is 12.2. The van der Waals surface area contributed by atoms with E-state index < -0.39 is 11.8 Å². The zero-order valence-electron chi connectivity index (χ0n) is 15.2. The minimum atomic E-state index is -0.820. The topological polar surface area (TPSA) is 85.9 Å². The monoisotopic (exact) mass is 358 g/mol. The predicted octanol–water partition coefficient (Wildman–Crippen LogP) is 3.07. The van der Waals surface area contributed by atoms with Crippen LogP contribution in [0.15, 0.2) is 42.5 Å². The molecule has 0 unspecified atom stereocenters. The van der Waals surface area contributed by atoms with Crippen LogP contribution in [0.2, 0.25) is 0 Å². The summed E-state index contributed by atoms with van der Waals surface area (Å²) >= 11 is 0. The van der Waals surface area contributed by atoms with Crippen LogP contribution in [0.1, 0.15) is 13.8 Å². The largest absolute Gasteiger partial charge is 0.497 e. The molecule has 2 N–H and O–H groups in total. The Labute approximate surface area is 152 Å². The lowest BCUT2D eigenvalue weighted by Crippen LogP contribution is -2.29. The van der Waals surface area contributed by atoms with Gasteiger partial charge in [-0.05, 0) is 50.2 Å². The summed E-state index contributed by atoms with van der Waals surface area (Å²) in [7, 11) is 2.98. The van der Waals surface area contributed by atoms with Gasteiger partial charge in [-0.2, -0.15) is 0 Å². The second-order valence-electron chi connectivity index (χ2n) is 5.67. The van der Waals surface area contributed by atoms with Gasteiger partial charge >= 0.3 is 11.8 Å². The fourth-order valence-electron chi connectivity index (χ4n) is 2.17. The molecule has 2 rings (SSSR count). The van der Waals surface area contributed by atoms with E-state index in [1.54, 1.807) is 42.5 Å². The van der Waals surface area contributed by atoms with Crippen molar-refractivity contribution in [2.24, 2.45) is 0 Å². The minimum Gasteiger partial charge on any atom is -0.497 e. The van der Waals surface area contributed by atoms with Gasteiger partial charge in [0.05, 0.1) is 26.0 Å². The van der Waals surface area contributed by atoms with Crippen LogP contribution in [0.5, 0.6) is 17.2 Å². The Balaban J connectivity index is 2.03. The lowest BCUT2D eigenvalue weighted by atomic mass is 10.2. The lowest BCUT2D eigenvalue weighted by Gasteiger charge is -2.12. The summed E-state index contributed by atoms with van der Waals surface area (Å²) in [6.45, 7) is 3.85. The van der Waals surface area contributed by atoms with Crippen molar-refractivity contribution >= 4 is 23.2 Å². The molecule has 2 aromatic carbocycles. The lowest BCUT2D eigenvalue weighted by molar-refractivity contribution is -0.133. The van der Waals surface area contributed by atoms with Crippen molar-refractivity contribution in [2.45, 2.75) is 20.0 Å². The Morgan fingerprint density at radius 2 is 1.46 bits per heavy atom. The molecular formula is C19H22N2O5. The predicted molar refractivity (Wildman–Crippen MR) is 99.0 cm³/mol. The maximum Gasteiger partial charge on any atom is 0.314 e. The minimum absolute atomic E-state index is 0.0547. The van der Waals surface area contributed by atoms with Gasteiger partial charge in [-0.1, -0.05) is 0 Å². The van der Waals surface area contributed by atoms with Crippen molar-refractivity contribution in [1.82, 2.24) is 0 Å². The van der Waals surface area contributed by atoms with E-state index in [2.05, 4.69) is 10.6 Å².